The van der Waals surface area contributed by atoms with E-state index < -0.39 is 6.10 Å². The van der Waals surface area contributed by atoms with E-state index in [1.165, 1.54) is 9.13 Å². The van der Waals surface area contributed by atoms with Gasteiger partial charge in [0.25, 0.3) is 0 Å². The van der Waals surface area contributed by atoms with Crippen LogP contribution in [0.15, 0.2) is 16.9 Å². The molecule has 1 aromatic heterocycles. The number of nitriles is 1. The van der Waals surface area contributed by atoms with E-state index in [-0.39, 0.29) is 11.6 Å². The number of aromatic hydroxyl groups is 1. The molecule has 2 aliphatic rings. The maximum atomic E-state index is 12.6. The summed E-state index contributed by atoms with van der Waals surface area (Å²) in [6.45, 7) is 0.411. The lowest BCUT2D eigenvalue weighted by Crippen LogP contribution is -2.23. The van der Waals surface area contributed by atoms with Crippen molar-refractivity contribution in [1.82, 2.24) is 9.13 Å². The third-order valence-electron chi connectivity index (χ3n) is 4.72. The van der Waals surface area contributed by atoms with Gasteiger partial charge >= 0.3 is 5.69 Å². The van der Waals surface area contributed by atoms with E-state index in [1.54, 1.807) is 12.1 Å². The first-order valence-corrected chi connectivity index (χ1v) is 7.41. The molecule has 6 heteroatoms. The first-order valence-electron chi connectivity index (χ1n) is 7.41. The van der Waals surface area contributed by atoms with Crippen molar-refractivity contribution in [3.63, 3.8) is 0 Å². The van der Waals surface area contributed by atoms with E-state index in [9.17, 15) is 20.3 Å². The molecule has 1 atom stereocenters. The Labute approximate surface area is 126 Å². The molecule has 0 saturated carbocycles. The van der Waals surface area contributed by atoms with Crippen LogP contribution in [0.4, 0.5) is 0 Å². The number of aliphatic hydroxyl groups is 1. The molecule has 22 heavy (non-hydrogen) atoms. The maximum absolute atomic E-state index is 12.6. The molecule has 6 nitrogen and oxygen atoms in total. The second-order valence-electron chi connectivity index (χ2n) is 5.84. The lowest BCUT2D eigenvalue weighted by Gasteiger charge is -2.11. The summed E-state index contributed by atoms with van der Waals surface area (Å²) in [7, 11) is 0. The zero-order valence-corrected chi connectivity index (χ0v) is 11.9. The van der Waals surface area contributed by atoms with Crippen LogP contribution in [0.3, 0.4) is 0 Å². The van der Waals surface area contributed by atoms with Crippen LogP contribution in [0.1, 0.15) is 41.3 Å². The van der Waals surface area contributed by atoms with Gasteiger partial charge in [-0.1, -0.05) is 0 Å². The van der Waals surface area contributed by atoms with Crippen molar-refractivity contribution in [3.05, 3.63) is 45.0 Å². The number of aliphatic hydroxyl groups excluding tert-OH is 1. The van der Waals surface area contributed by atoms with Gasteiger partial charge in [-0.05, 0) is 48.9 Å². The topological polar surface area (TPSA) is 91.2 Å². The first kappa shape index (κ1) is 13.2. The minimum Gasteiger partial charge on any atom is -0.493 e. The van der Waals surface area contributed by atoms with Crippen molar-refractivity contribution in [3.8, 4) is 17.6 Å². The summed E-state index contributed by atoms with van der Waals surface area (Å²) in [4.78, 5) is 12.6. The average Bonchev–Trinajstić information content (AvgIpc) is 3.18. The van der Waals surface area contributed by atoms with Gasteiger partial charge in [-0.3, -0.25) is 4.57 Å². The Balaban J connectivity index is 2.00. The minimum atomic E-state index is -0.805. The molecule has 2 heterocycles. The predicted molar refractivity (Wildman–Crippen MR) is 78.0 cm³/mol. The third kappa shape index (κ3) is 1.54. The fourth-order valence-electron chi connectivity index (χ4n) is 3.70. The largest absolute Gasteiger partial charge is 0.493 e. The molecule has 112 valence electrons. The number of rotatable bonds is 1. The van der Waals surface area contributed by atoms with Crippen molar-refractivity contribution in [2.24, 2.45) is 0 Å². The van der Waals surface area contributed by atoms with Gasteiger partial charge in [0.2, 0.25) is 5.88 Å². The highest BCUT2D eigenvalue weighted by atomic mass is 16.3. The lowest BCUT2D eigenvalue weighted by atomic mass is 10.0. The second-order valence-corrected chi connectivity index (χ2v) is 5.84. The Hall–Kier alpha value is -2.52. The summed E-state index contributed by atoms with van der Waals surface area (Å²) in [5, 5.41) is 29.6. The Morgan fingerprint density at radius 1 is 1.27 bits per heavy atom. The SMILES string of the molecule is N#Cc1ccc(-n2c(O)c3n(c2=O)CC[C@H]3O)c2c1CCC2. The number of hydrogen-bond donors (Lipinski definition) is 2. The van der Waals surface area contributed by atoms with E-state index in [0.717, 1.165) is 30.4 Å². The summed E-state index contributed by atoms with van der Waals surface area (Å²) in [6.07, 6.45) is 2.18. The summed E-state index contributed by atoms with van der Waals surface area (Å²) < 4.78 is 2.70. The van der Waals surface area contributed by atoms with Gasteiger partial charge in [-0.25, -0.2) is 9.36 Å². The second kappa shape index (κ2) is 4.49. The van der Waals surface area contributed by atoms with Gasteiger partial charge in [0.1, 0.15) is 11.8 Å². The molecule has 0 saturated heterocycles. The zero-order chi connectivity index (χ0) is 15.4. The van der Waals surface area contributed by atoms with E-state index in [0.29, 0.717) is 29.9 Å². The molecule has 4 rings (SSSR count). The Bertz CT molecular complexity index is 886. The van der Waals surface area contributed by atoms with Gasteiger partial charge in [0.15, 0.2) is 0 Å². The van der Waals surface area contributed by atoms with E-state index in [2.05, 4.69) is 6.07 Å². The number of hydrogen-bond acceptors (Lipinski definition) is 4. The summed E-state index contributed by atoms with van der Waals surface area (Å²) >= 11 is 0. The van der Waals surface area contributed by atoms with Crippen LogP contribution in [-0.2, 0) is 19.4 Å². The third-order valence-corrected chi connectivity index (χ3v) is 4.72. The smallest absolute Gasteiger partial charge is 0.336 e. The molecule has 1 aliphatic heterocycles. The fraction of sp³-hybridized carbons (Fsp3) is 0.375. The van der Waals surface area contributed by atoms with Gasteiger partial charge in [-0.2, -0.15) is 5.26 Å². The molecule has 0 spiro atoms. The molecule has 0 unspecified atom stereocenters. The number of imidazole rings is 1. The van der Waals surface area contributed by atoms with Crippen LogP contribution in [0.2, 0.25) is 0 Å². The molecule has 2 N–H and O–H groups in total. The van der Waals surface area contributed by atoms with Crippen LogP contribution in [0.5, 0.6) is 5.88 Å². The molecule has 0 bridgehead atoms. The quantitative estimate of drug-likeness (QED) is 0.826. The molecular formula is C16H15N3O3. The molecule has 2 aromatic rings. The van der Waals surface area contributed by atoms with Crippen LogP contribution in [0.25, 0.3) is 5.69 Å². The monoisotopic (exact) mass is 297 g/mol. The van der Waals surface area contributed by atoms with E-state index in [4.69, 9.17) is 0 Å². The van der Waals surface area contributed by atoms with Crippen LogP contribution in [-0.4, -0.2) is 19.3 Å². The van der Waals surface area contributed by atoms with E-state index >= 15 is 0 Å². The minimum absolute atomic E-state index is 0.186. The Morgan fingerprint density at radius 2 is 2.05 bits per heavy atom. The lowest BCUT2D eigenvalue weighted by molar-refractivity contribution is 0.175. The Kier molecular flexibility index (Phi) is 2.68. The molecule has 1 aromatic carbocycles. The van der Waals surface area contributed by atoms with Crippen LogP contribution >= 0.6 is 0 Å². The first-order chi connectivity index (χ1) is 10.6. The van der Waals surface area contributed by atoms with Crippen LogP contribution < -0.4 is 5.69 Å². The van der Waals surface area contributed by atoms with Crippen molar-refractivity contribution in [1.29, 1.82) is 5.26 Å². The van der Waals surface area contributed by atoms with Gasteiger partial charge in [-0.15, -0.1) is 0 Å². The highest BCUT2D eigenvalue weighted by Gasteiger charge is 2.32. The van der Waals surface area contributed by atoms with Gasteiger partial charge < -0.3 is 10.2 Å². The Morgan fingerprint density at radius 3 is 2.77 bits per heavy atom. The number of benzene rings is 1. The standard InChI is InChI=1S/C16H15N3O3/c17-8-9-4-5-12(11-3-1-2-10(9)11)19-15(21)14-13(20)6-7-18(14)16(19)22/h4-5,13,20-21H,1-3,6-7H2/t13-/m1/s1. The number of fused-ring (bicyclic) bond motifs is 2. The molecular weight excluding hydrogens is 282 g/mol. The van der Waals surface area contributed by atoms with Crippen molar-refractivity contribution >= 4 is 0 Å². The van der Waals surface area contributed by atoms with Crippen molar-refractivity contribution < 1.29 is 10.2 Å². The average molecular weight is 297 g/mol. The molecule has 1 aliphatic carbocycles. The van der Waals surface area contributed by atoms with Crippen LogP contribution in [0, 0.1) is 11.3 Å². The fourth-order valence-corrected chi connectivity index (χ4v) is 3.70. The maximum Gasteiger partial charge on any atom is 0.336 e. The molecule has 0 fully saturated rings. The molecule has 0 amide bonds. The normalized spacial score (nSPS) is 19.0. The highest BCUT2D eigenvalue weighted by Crippen LogP contribution is 2.36. The number of aromatic nitrogens is 2. The van der Waals surface area contributed by atoms with Crippen molar-refractivity contribution in [2.75, 3.05) is 0 Å². The zero-order valence-electron chi connectivity index (χ0n) is 11.9. The van der Waals surface area contributed by atoms with Gasteiger partial charge in [0.05, 0.1) is 17.3 Å². The number of nitrogens with zero attached hydrogens (tertiary/aromatic N) is 3. The molecule has 0 radical (unpaired) electrons. The highest BCUT2D eigenvalue weighted by molar-refractivity contribution is 5.57. The summed E-state index contributed by atoms with van der Waals surface area (Å²) in [6, 6.07) is 5.60. The summed E-state index contributed by atoms with van der Waals surface area (Å²) in [5.74, 6) is -0.186. The summed E-state index contributed by atoms with van der Waals surface area (Å²) in [5.41, 5.74) is 3.15. The van der Waals surface area contributed by atoms with E-state index in [1.807, 2.05) is 0 Å². The van der Waals surface area contributed by atoms with Gasteiger partial charge in [0, 0.05) is 6.54 Å². The van der Waals surface area contributed by atoms with Crippen molar-refractivity contribution in [2.45, 2.75) is 38.3 Å². The predicted octanol–water partition coefficient (Wildman–Crippen LogP) is 1.14.